The molecule has 1 saturated heterocycles. The Morgan fingerprint density at radius 2 is 1.95 bits per heavy atom. The van der Waals surface area contributed by atoms with Gasteiger partial charge in [0.15, 0.2) is 0 Å². The van der Waals surface area contributed by atoms with Gasteiger partial charge in [-0.3, -0.25) is 0 Å². The number of hydrogen-bond donors (Lipinski definition) is 0. The molecule has 0 aromatic carbocycles. The Morgan fingerprint density at radius 1 is 1.32 bits per heavy atom. The molecule has 0 spiro atoms. The molecular weight excluding hydrogens is 282 g/mol. The molecule has 19 heavy (non-hydrogen) atoms. The zero-order valence-electron chi connectivity index (χ0n) is 10.5. The summed E-state index contributed by atoms with van der Waals surface area (Å²) in [6.07, 6.45) is 1.08. The van der Waals surface area contributed by atoms with Crippen LogP contribution in [0.5, 0.6) is 0 Å². The third-order valence-electron chi connectivity index (χ3n) is 3.38. The van der Waals surface area contributed by atoms with E-state index in [1.165, 1.54) is 16.4 Å². The first-order valence-corrected chi connectivity index (χ1v) is 8.08. The number of nitrogens with zero attached hydrogens (tertiary/aromatic N) is 3. The minimum absolute atomic E-state index is 0.199. The van der Waals surface area contributed by atoms with Crippen LogP contribution in [0.1, 0.15) is 24.6 Å². The maximum absolute atomic E-state index is 12.4. The molecule has 100 valence electrons. The summed E-state index contributed by atoms with van der Waals surface area (Å²) in [4.78, 5) is 0.387. The lowest BCUT2D eigenvalue weighted by atomic mass is 9.83. The molecule has 0 radical (unpaired) electrons. The van der Waals surface area contributed by atoms with Gasteiger partial charge in [-0.15, -0.1) is 11.3 Å². The molecular formula is C12H13N3O2S2. The molecule has 1 aliphatic heterocycles. The highest BCUT2D eigenvalue weighted by Crippen LogP contribution is 2.33. The van der Waals surface area contributed by atoms with E-state index in [0.717, 1.165) is 11.3 Å². The standard InChI is InChI=1S/C12H13N3O2S2/c1-12(9-14)4-6-15(7-5-12)19(16,17)11-3-2-10(8-13)18-11/h2-3H,4-7H2,1H3. The van der Waals surface area contributed by atoms with Crippen molar-refractivity contribution in [1.82, 2.24) is 4.31 Å². The Bertz CT molecular complexity index is 656. The van der Waals surface area contributed by atoms with Crippen molar-refractivity contribution in [2.75, 3.05) is 13.1 Å². The molecule has 0 amide bonds. The lowest BCUT2D eigenvalue weighted by Gasteiger charge is -2.33. The van der Waals surface area contributed by atoms with Crippen molar-refractivity contribution >= 4 is 21.4 Å². The highest BCUT2D eigenvalue weighted by atomic mass is 32.2. The summed E-state index contributed by atoms with van der Waals surface area (Å²) in [5, 5.41) is 17.8. The Hall–Kier alpha value is -1.41. The van der Waals surface area contributed by atoms with Gasteiger partial charge < -0.3 is 0 Å². The average molecular weight is 295 g/mol. The number of sulfonamides is 1. The molecule has 2 heterocycles. The zero-order valence-corrected chi connectivity index (χ0v) is 12.1. The third-order valence-corrected chi connectivity index (χ3v) is 6.74. The van der Waals surface area contributed by atoms with Crippen LogP contribution in [0.2, 0.25) is 0 Å². The summed E-state index contributed by atoms with van der Waals surface area (Å²) < 4.78 is 26.3. The Balaban J connectivity index is 2.19. The minimum atomic E-state index is -3.52. The molecule has 1 aromatic heterocycles. The number of nitriles is 2. The van der Waals surface area contributed by atoms with E-state index < -0.39 is 15.4 Å². The second-order valence-corrected chi connectivity index (χ2v) is 8.06. The van der Waals surface area contributed by atoms with Gasteiger partial charge in [0.25, 0.3) is 10.0 Å². The van der Waals surface area contributed by atoms with Gasteiger partial charge in [0.2, 0.25) is 0 Å². The second-order valence-electron chi connectivity index (χ2n) is 4.81. The van der Waals surface area contributed by atoms with Crippen LogP contribution >= 0.6 is 11.3 Å². The molecule has 1 aliphatic rings. The third kappa shape index (κ3) is 2.64. The summed E-state index contributed by atoms with van der Waals surface area (Å²) in [5.41, 5.74) is -0.431. The van der Waals surface area contributed by atoms with Gasteiger partial charge in [-0.2, -0.15) is 14.8 Å². The van der Waals surface area contributed by atoms with Gasteiger partial charge in [-0.05, 0) is 31.9 Å². The van der Waals surface area contributed by atoms with Crippen molar-refractivity contribution in [3.8, 4) is 12.1 Å². The monoisotopic (exact) mass is 295 g/mol. The molecule has 5 nitrogen and oxygen atoms in total. The first kappa shape index (κ1) is 14.0. The predicted molar refractivity (Wildman–Crippen MR) is 70.7 cm³/mol. The van der Waals surface area contributed by atoms with E-state index in [1.54, 1.807) is 0 Å². The van der Waals surface area contributed by atoms with Crippen LogP contribution in [0.3, 0.4) is 0 Å². The average Bonchev–Trinajstić information content (AvgIpc) is 2.89. The van der Waals surface area contributed by atoms with Crippen molar-refractivity contribution in [2.45, 2.75) is 24.0 Å². The topological polar surface area (TPSA) is 85.0 Å². The lowest BCUT2D eigenvalue weighted by Crippen LogP contribution is -2.41. The largest absolute Gasteiger partial charge is 0.252 e. The van der Waals surface area contributed by atoms with Crippen LogP contribution in [0.4, 0.5) is 0 Å². The maximum atomic E-state index is 12.4. The highest BCUT2D eigenvalue weighted by Gasteiger charge is 2.36. The van der Waals surface area contributed by atoms with Crippen LogP contribution in [0, 0.1) is 28.1 Å². The van der Waals surface area contributed by atoms with Crippen LogP contribution in [0.25, 0.3) is 0 Å². The van der Waals surface area contributed by atoms with E-state index in [2.05, 4.69) is 6.07 Å². The summed E-state index contributed by atoms with van der Waals surface area (Å²) in [5.74, 6) is 0. The molecule has 0 atom stereocenters. The lowest BCUT2D eigenvalue weighted by molar-refractivity contribution is 0.232. The summed E-state index contributed by atoms with van der Waals surface area (Å²) in [6.45, 7) is 2.56. The fourth-order valence-electron chi connectivity index (χ4n) is 1.98. The van der Waals surface area contributed by atoms with Gasteiger partial charge in [-0.1, -0.05) is 0 Å². The summed E-state index contributed by atoms with van der Waals surface area (Å²) in [7, 11) is -3.52. The molecule has 0 N–H and O–H groups in total. The van der Waals surface area contributed by atoms with Gasteiger partial charge in [-0.25, -0.2) is 8.42 Å². The van der Waals surface area contributed by atoms with Crippen LogP contribution in [-0.2, 0) is 10.0 Å². The first-order chi connectivity index (χ1) is 8.91. The number of piperidine rings is 1. The van der Waals surface area contributed by atoms with Crippen molar-refractivity contribution in [1.29, 1.82) is 10.5 Å². The van der Waals surface area contributed by atoms with Crippen LogP contribution < -0.4 is 0 Å². The Morgan fingerprint density at radius 3 is 2.42 bits per heavy atom. The number of rotatable bonds is 2. The van der Waals surface area contributed by atoms with Crippen LogP contribution in [-0.4, -0.2) is 25.8 Å². The molecule has 0 bridgehead atoms. The number of hydrogen-bond acceptors (Lipinski definition) is 5. The van der Waals surface area contributed by atoms with Gasteiger partial charge in [0, 0.05) is 13.1 Å². The van der Waals surface area contributed by atoms with E-state index in [9.17, 15) is 8.42 Å². The quantitative estimate of drug-likeness (QED) is 0.834. The molecule has 1 aromatic rings. The molecule has 0 unspecified atom stereocenters. The van der Waals surface area contributed by atoms with Crippen molar-refractivity contribution in [3.05, 3.63) is 17.0 Å². The SMILES string of the molecule is CC1(C#N)CCN(S(=O)(=O)c2ccc(C#N)s2)CC1. The second kappa shape index (κ2) is 4.93. The van der Waals surface area contributed by atoms with E-state index in [4.69, 9.17) is 10.5 Å². The van der Waals surface area contributed by atoms with Crippen molar-refractivity contribution in [2.24, 2.45) is 5.41 Å². The number of thiophene rings is 1. The zero-order chi connectivity index (χ0) is 14.1. The highest BCUT2D eigenvalue weighted by molar-refractivity contribution is 7.91. The van der Waals surface area contributed by atoms with Gasteiger partial charge in [0.1, 0.15) is 15.2 Å². The van der Waals surface area contributed by atoms with Gasteiger partial charge in [0.05, 0.1) is 11.5 Å². The van der Waals surface area contributed by atoms with Crippen molar-refractivity contribution < 1.29 is 8.42 Å². The Labute approximate surface area is 116 Å². The van der Waals surface area contributed by atoms with E-state index in [1.807, 2.05) is 13.0 Å². The molecule has 1 fully saturated rings. The maximum Gasteiger partial charge on any atom is 0.252 e. The summed E-state index contributed by atoms with van der Waals surface area (Å²) in [6, 6.07) is 7.16. The Kier molecular flexibility index (Phi) is 3.64. The molecule has 2 rings (SSSR count). The van der Waals surface area contributed by atoms with E-state index >= 15 is 0 Å². The van der Waals surface area contributed by atoms with E-state index in [0.29, 0.717) is 30.8 Å². The fourth-order valence-corrected chi connectivity index (χ4v) is 4.68. The normalized spacial score (nSPS) is 19.5. The fraction of sp³-hybridized carbons (Fsp3) is 0.500. The van der Waals surface area contributed by atoms with Crippen LogP contribution in [0.15, 0.2) is 16.3 Å². The first-order valence-electron chi connectivity index (χ1n) is 5.83. The molecule has 0 aliphatic carbocycles. The smallest absolute Gasteiger partial charge is 0.206 e. The molecule has 0 saturated carbocycles. The van der Waals surface area contributed by atoms with E-state index in [-0.39, 0.29) is 4.21 Å². The minimum Gasteiger partial charge on any atom is -0.206 e. The summed E-state index contributed by atoms with van der Waals surface area (Å²) >= 11 is 0.983. The predicted octanol–water partition coefficient (Wildman–Crippen LogP) is 1.93. The van der Waals surface area contributed by atoms with Crippen molar-refractivity contribution in [3.63, 3.8) is 0 Å². The molecule has 7 heteroatoms. The van der Waals surface area contributed by atoms with Gasteiger partial charge >= 0.3 is 0 Å².